The first-order chi connectivity index (χ1) is 5.86. The van der Waals surface area contributed by atoms with Crippen molar-refractivity contribution in [3.63, 3.8) is 0 Å². The molecule has 0 bridgehead atoms. The second-order valence-corrected chi connectivity index (χ2v) is 3.94. The van der Waals surface area contributed by atoms with E-state index in [0.717, 1.165) is 18.7 Å². The molecule has 1 fully saturated rings. The molecule has 1 aromatic heterocycles. The lowest BCUT2D eigenvalue weighted by Gasteiger charge is -2.26. The standard InChI is InChI=1S/C9H11NOS/c11-9(3-7-4-10-5-7)8-1-2-12-6-8/h1-2,6-7,10H,3-5H2. The number of nitrogens with one attached hydrogen (secondary N) is 1. The minimum atomic E-state index is 0.294. The number of hydrogen-bond donors (Lipinski definition) is 1. The van der Waals surface area contributed by atoms with E-state index < -0.39 is 0 Å². The molecule has 0 unspecified atom stereocenters. The molecule has 0 aromatic carbocycles. The van der Waals surface area contributed by atoms with E-state index >= 15 is 0 Å². The van der Waals surface area contributed by atoms with Crippen LogP contribution in [-0.2, 0) is 0 Å². The lowest BCUT2D eigenvalue weighted by Crippen LogP contribution is -2.42. The number of hydrogen-bond acceptors (Lipinski definition) is 3. The second kappa shape index (κ2) is 3.37. The Balaban J connectivity index is 1.92. The van der Waals surface area contributed by atoms with Crippen LogP contribution in [-0.4, -0.2) is 18.9 Å². The Morgan fingerprint density at radius 3 is 3.00 bits per heavy atom. The molecule has 0 saturated carbocycles. The van der Waals surface area contributed by atoms with E-state index in [-0.39, 0.29) is 0 Å². The van der Waals surface area contributed by atoms with Crippen LogP contribution in [0.15, 0.2) is 16.8 Å². The SMILES string of the molecule is O=C(CC1CNC1)c1ccsc1. The molecule has 3 heteroatoms. The van der Waals surface area contributed by atoms with Crippen molar-refractivity contribution in [3.8, 4) is 0 Å². The summed E-state index contributed by atoms with van der Waals surface area (Å²) in [5, 5.41) is 7.04. The number of carbonyl (C=O) groups excluding carboxylic acids is 1. The van der Waals surface area contributed by atoms with E-state index in [2.05, 4.69) is 5.32 Å². The number of rotatable bonds is 3. The Morgan fingerprint density at radius 1 is 1.67 bits per heavy atom. The average Bonchev–Trinajstić information content (AvgIpc) is 2.47. The molecule has 2 nitrogen and oxygen atoms in total. The molecule has 0 atom stereocenters. The van der Waals surface area contributed by atoms with Gasteiger partial charge in [-0.05, 0) is 30.5 Å². The summed E-state index contributed by atoms with van der Waals surface area (Å²) in [4.78, 5) is 11.5. The third-order valence-electron chi connectivity index (χ3n) is 2.18. The summed E-state index contributed by atoms with van der Waals surface area (Å²) in [6.45, 7) is 2.02. The maximum absolute atomic E-state index is 11.5. The molecule has 2 rings (SSSR count). The Bertz CT molecular complexity index is 264. The fourth-order valence-electron chi connectivity index (χ4n) is 1.30. The zero-order valence-electron chi connectivity index (χ0n) is 6.75. The predicted octanol–water partition coefficient (Wildman–Crippen LogP) is 1.54. The predicted molar refractivity (Wildman–Crippen MR) is 49.6 cm³/mol. The lowest BCUT2D eigenvalue weighted by molar-refractivity contribution is 0.0946. The molecule has 0 radical (unpaired) electrons. The van der Waals surface area contributed by atoms with Crippen molar-refractivity contribution in [1.29, 1.82) is 0 Å². The van der Waals surface area contributed by atoms with Crippen LogP contribution in [0.3, 0.4) is 0 Å². The van der Waals surface area contributed by atoms with Crippen LogP contribution in [0.4, 0.5) is 0 Å². The fraction of sp³-hybridized carbons (Fsp3) is 0.444. The van der Waals surface area contributed by atoms with Gasteiger partial charge in [0.15, 0.2) is 5.78 Å². The molecule has 1 N–H and O–H groups in total. The molecule has 1 aromatic rings. The number of carbonyl (C=O) groups is 1. The van der Waals surface area contributed by atoms with Crippen LogP contribution in [0.5, 0.6) is 0 Å². The van der Waals surface area contributed by atoms with Gasteiger partial charge in [0, 0.05) is 17.4 Å². The van der Waals surface area contributed by atoms with Crippen molar-refractivity contribution in [1.82, 2.24) is 5.32 Å². The van der Waals surface area contributed by atoms with Crippen molar-refractivity contribution < 1.29 is 4.79 Å². The third-order valence-corrected chi connectivity index (χ3v) is 2.87. The molecule has 1 aliphatic heterocycles. The molecule has 64 valence electrons. The molecule has 0 aliphatic carbocycles. The van der Waals surface area contributed by atoms with Crippen molar-refractivity contribution in [2.45, 2.75) is 6.42 Å². The topological polar surface area (TPSA) is 29.1 Å². The van der Waals surface area contributed by atoms with Crippen LogP contribution in [0, 0.1) is 5.92 Å². The molecule has 0 spiro atoms. The first kappa shape index (κ1) is 7.95. The van der Waals surface area contributed by atoms with Gasteiger partial charge in [0.2, 0.25) is 0 Å². The second-order valence-electron chi connectivity index (χ2n) is 3.16. The fourth-order valence-corrected chi connectivity index (χ4v) is 1.96. The van der Waals surface area contributed by atoms with Crippen molar-refractivity contribution in [2.75, 3.05) is 13.1 Å². The molecule has 1 saturated heterocycles. The van der Waals surface area contributed by atoms with Crippen molar-refractivity contribution in [3.05, 3.63) is 22.4 Å². The van der Waals surface area contributed by atoms with Crippen LogP contribution in [0.2, 0.25) is 0 Å². The summed E-state index contributed by atoms with van der Waals surface area (Å²) < 4.78 is 0. The minimum absolute atomic E-state index is 0.294. The molecule has 2 heterocycles. The van der Waals surface area contributed by atoms with E-state index in [0.29, 0.717) is 18.1 Å². The van der Waals surface area contributed by atoms with Crippen LogP contribution >= 0.6 is 11.3 Å². The zero-order chi connectivity index (χ0) is 8.39. The van der Waals surface area contributed by atoms with Gasteiger partial charge >= 0.3 is 0 Å². The van der Waals surface area contributed by atoms with E-state index in [4.69, 9.17) is 0 Å². The first-order valence-corrected chi connectivity index (χ1v) is 5.06. The van der Waals surface area contributed by atoms with E-state index in [1.807, 2.05) is 16.8 Å². The highest BCUT2D eigenvalue weighted by Gasteiger charge is 2.20. The van der Waals surface area contributed by atoms with Crippen molar-refractivity contribution >= 4 is 17.1 Å². The highest BCUT2D eigenvalue weighted by Crippen LogP contribution is 2.15. The zero-order valence-corrected chi connectivity index (χ0v) is 7.56. The molecular weight excluding hydrogens is 170 g/mol. The minimum Gasteiger partial charge on any atom is -0.316 e. The molecule has 1 aliphatic rings. The average molecular weight is 181 g/mol. The van der Waals surface area contributed by atoms with Gasteiger partial charge in [-0.15, -0.1) is 0 Å². The Morgan fingerprint density at radius 2 is 2.50 bits per heavy atom. The third kappa shape index (κ3) is 1.57. The van der Waals surface area contributed by atoms with Gasteiger partial charge in [0.25, 0.3) is 0 Å². The first-order valence-electron chi connectivity index (χ1n) is 4.12. The number of Topliss-reactive ketones (excluding diaryl/α,β-unsaturated/α-hetero) is 1. The van der Waals surface area contributed by atoms with Gasteiger partial charge in [0.1, 0.15) is 0 Å². The quantitative estimate of drug-likeness (QED) is 0.717. The Labute approximate surface area is 75.6 Å². The van der Waals surface area contributed by atoms with Crippen LogP contribution < -0.4 is 5.32 Å². The van der Waals surface area contributed by atoms with E-state index in [9.17, 15) is 4.79 Å². The van der Waals surface area contributed by atoms with Crippen LogP contribution in [0.25, 0.3) is 0 Å². The number of ketones is 1. The van der Waals surface area contributed by atoms with Gasteiger partial charge < -0.3 is 5.32 Å². The van der Waals surface area contributed by atoms with Gasteiger partial charge in [-0.25, -0.2) is 0 Å². The maximum Gasteiger partial charge on any atom is 0.164 e. The normalized spacial score (nSPS) is 17.3. The maximum atomic E-state index is 11.5. The highest BCUT2D eigenvalue weighted by molar-refractivity contribution is 7.08. The molecular formula is C9H11NOS. The van der Waals surface area contributed by atoms with Gasteiger partial charge in [0.05, 0.1) is 0 Å². The summed E-state index contributed by atoms with van der Waals surface area (Å²) in [5.74, 6) is 0.875. The number of thiophene rings is 1. The van der Waals surface area contributed by atoms with Gasteiger partial charge in [-0.2, -0.15) is 11.3 Å². The summed E-state index contributed by atoms with van der Waals surface area (Å²) >= 11 is 1.58. The van der Waals surface area contributed by atoms with Crippen LogP contribution in [0.1, 0.15) is 16.8 Å². The summed E-state index contributed by atoms with van der Waals surface area (Å²) in [6, 6.07) is 1.90. The summed E-state index contributed by atoms with van der Waals surface area (Å²) in [5.41, 5.74) is 0.881. The van der Waals surface area contributed by atoms with E-state index in [1.54, 1.807) is 11.3 Å². The Kier molecular flexibility index (Phi) is 2.23. The summed E-state index contributed by atoms with van der Waals surface area (Å²) in [7, 11) is 0. The largest absolute Gasteiger partial charge is 0.316 e. The smallest absolute Gasteiger partial charge is 0.164 e. The summed E-state index contributed by atoms with van der Waals surface area (Å²) in [6.07, 6.45) is 0.712. The van der Waals surface area contributed by atoms with E-state index in [1.165, 1.54) is 0 Å². The molecule has 12 heavy (non-hydrogen) atoms. The van der Waals surface area contributed by atoms with Gasteiger partial charge in [-0.3, -0.25) is 4.79 Å². The van der Waals surface area contributed by atoms with Crippen molar-refractivity contribution in [2.24, 2.45) is 5.92 Å². The highest BCUT2D eigenvalue weighted by atomic mass is 32.1. The monoisotopic (exact) mass is 181 g/mol. The molecule has 0 amide bonds. The lowest BCUT2D eigenvalue weighted by atomic mass is 9.95. The van der Waals surface area contributed by atoms with Gasteiger partial charge in [-0.1, -0.05) is 0 Å². The Hall–Kier alpha value is -0.670.